The minimum atomic E-state index is -0.0932. The molecule has 118 valence electrons. The standard InChI is InChI=1S/C20H21NO2/c22-19(16-10-4-3-5-11-16)17-12-6-7-13-18(17)20(23)21-14-8-1-2-9-15-21/h3-7,10-13H,1-2,8-9,14-15H2. The highest BCUT2D eigenvalue weighted by atomic mass is 16.2. The number of amides is 1. The molecule has 3 rings (SSSR count). The maximum absolute atomic E-state index is 12.9. The molecule has 23 heavy (non-hydrogen) atoms. The SMILES string of the molecule is O=C(c1ccccc1)c1ccccc1C(=O)N1CCCCCC1. The molecule has 1 aliphatic rings. The van der Waals surface area contributed by atoms with Crippen molar-refractivity contribution in [3.63, 3.8) is 0 Å². The van der Waals surface area contributed by atoms with Crippen LogP contribution in [0.25, 0.3) is 0 Å². The predicted octanol–water partition coefficient (Wildman–Crippen LogP) is 3.93. The van der Waals surface area contributed by atoms with E-state index in [-0.39, 0.29) is 11.7 Å². The van der Waals surface area contributed by atoms with Gasteiger partial charge in [0.2, 0.25) is 0 Å². The summed E-state index contributed by atoms with van der Waals surface area (Å²) < 4.78 is 0. The highest BCUT2D eigenvalue weighted by Gasteiger charge is 2.22. The second-order valence-corrected chi connectivity index (χ2v) is 5.95. The van der Waals surface area contributed by atoms with Crippen molar-refractivity contribution in [3.8, 4) is 0 Å². The molecule has 1 aliphatic heterocycles. The van der Waals surface area contributed by atoms with Crippen molar-refractivity contribution in [2.45, 2.75) is 25.7 Å². The Morgan fingerprint density at radius 3 is 1.91 bits per heavy atom. The third-order valence-electron chi connectivity index (χ3n) is 4.33. The first-order chi connectivity index (χ1) is 11.3. The van der Waals surface area contributed by atoms with Crippen molar-refractivity contribution in [1.82, 2.24) is 4.90 Å². The van der Waals surface area contributed by atoms with Crippen LogP contribution in [-0.4, -0.2) is 29.7 Å². The lowest BCUT2D eigenvalue weighted by Crippen LogP contribution is -2.33. The quantitative estimate of drug-likeness (QED) is 0.806. The van der Waals surface area contributed by atoms with E-state index in [1.165, 1.54) is 12.8 Å². The first-order valence-corrected chi connectivity index (χ1v) is 8.25. The second-order valence-electron chi connectivity index (χ2n) is 5.95. The van der Waals surface area contributed by atoms with Gasteiger partial charge in [0.15, 0.2) is 5.78 Å². The van der Waals surface area contributed by atoms with Crippen LogP contribution in [0.4, 0.5) is 0 Å². The number of ketones is 1. The zero-order valence-electron chi connectivity index (χ0n) is 13.2. The summed E-state index contributed by atoms with van der Waals surface area (Å²) in [6.45, 7) is 1.57. The van der Waals surface area contributed by atoms with Gasteiger partial charge >= 0.3 is 0 Å². The van der Waals surface area contributed by atoms with Crippen molar-refractivity contribution in [2.24, 2.45) is 0 Å². The topological polar surface area (TPSA) is 37.4 Å². The molecule has 0 atom stereocenters. The van der Waals surface area contributed by atoms with Gasteiger partial charge in [-0.15, -0.1) is 0 Å². The zero-order valence-corrected chi connectivity index (χ0v) is 13.2. The third kappa shape index (κ3) is 3.50. The average molecular weight is 307 g/mol. The Kier molecular flexibility index (Phi) is 4.86. The van der Waals surface area contributed by atoms with Gasteiger partial charge in [0.05, 0.1) is 5.56 Å². The molecule has 1 saturated heterocycles. The highest BCUT2D eigenvalue weighted by molar-refractivity contribution is 6.15. The number of likely N-dealkylation sites (tertiary alicyclic amines) is 1. The van der Waals surface area contributed by atoms with E-state index in [2.05, 4.69) is 0 Å². The highest BCUT2D eigenvalue weighted by Crippen LogP contribution is 2.19. The van der Waals surface area contributed by atoms with Crippen molar-refractivity contribution >= 4 is 11.7 Å². The normalized spacial score (nSPS) is 15.0. The van der Waals surface area contributed by atoms with Gasteiger partial charge < -0.3 is 4.90 Å². The zero-order chi connectivity index (χ0) is 16.1. The van der Waals surface area contributed by atoms with Crippen molar-refractivity contribution in [1.29, 1.82) is 0 Å². The summed E-state index contributed by atoms with van der Waals surface area (Å²) >= 11 is 0. The maximum Gasteiger partial charge on any atom is 0.254 e. The van der Waals surface area contributed by atoms with E-state index < -0.39 is 0 Å². The van der Waals surface area contributed by atoms with Crippen LogP contribution in [0.1, 0.15) is 52.0 Å². The Morgan fingerprint density at radius 2 is 1.26 bits per heavy atom. The van der Waals surface area contributed by atoms with E-state index in [4.69, 9.17) is 0 Å². The largest absolute Gasteiger partial charge is 0.339 e. The molecule has 3 heteroatoms. The molecule has 1 heterocycles. The van der Waals surface area contributed by atoms with Gasteiger partial charge in [0, 0.05) is 24.2 Å². The minimum absolute atomic E-state index is 0.0215. The molecular weight excluding hydrogens is 286 g/mol. The number of carbonyl (C=O) groups excluding carboxylic acids is 2. The van der Waals surface area contributed by atoms with Crippen LogP contribution in [-0.2, 0) is 0 Å². The number of hydrogen-bond donors (Lipinski definition) is 0. The number of rotatable bonds is 3. The van der Waals surface area contributed by atoms with E-state index in [9.17, 15) is 9.59 Å². The van der Waals surface area contributed by atoms with Gasteiger partial charge in [0.1, 0.15) is 0 Å². The van der Waals surface area contributed by atoms with Crippen LogP contribution in [0, 0.1) is 0 Å². The monoisotopic (exact) mass is 307 g/mol. The number of carbonyl (C=O) groups is 2. The summed E-state index contributed by atoms with van der Waals surface area (Å²) in [7, 11) is 0. The molecule has 0 saturated carbocycles. The number of nitrogens with zero attached hydrogens (tertiary/aromatic N) is 1. The fourth-order valence-electron chi connectivity index (χ4n) is 3.06. The van der Waals surface area contributed by atoms with Gasteiger partial charge in [-0.2, -0.15) is 0 Å². The first-order valence-electron chi connectivity index (χ1n) is 8.25. The molecule has 0 unspecified atom stereocenters. The second kappa shape index (κ2) is 7.23. The summed E-state index contributed by atoms with van der Waals surface area (Å²) in [5, 5.41) is 0. The molecule has 1 amide bonds. The van der Waals surface area contributed by atoms with Crippen LogP contribution in [0.15, 0.2) is 54.6 Å². The molecule has 0 N–H and O–H groups in total. The Bertz CT molecular complexity index is 686. The van der Waals surface area contributed by atoms with E-state index in [0.717, 1.165) is 25.9 Å². The van der Waals surface area contributed by atoms with E-state index in [1.807, 2.05) is 35.2 Å². The van der Waals surface area contributed by atoms with Gasteiger partial charge in [-0.05, 0) is 18.9 Å². The molecule has 0 bridgehead atoms. The fourth-order valence-corrected chi connectivity index (χ4v) is 3.06. The Balaban J connectivity index is 1.91. The Labute approximate surface area is 136 Å². The fraction of sp³-hybridized carbons (Fsp3) is 0.300. The predicted molar refractivity (Wildman–Crippen MR) is 90.7 cm³/mol. The van der Waals surface area contributed by atoms with Gasteiger partial charge in [-0.3, -0.25) is 9.59 Å². The van der Waals surface area contributed by atoms with Gasteiger partial charge in [-0.1, -0.05) is 61.4 Å². The first kappa shape index (κ1) is 15.5. The molecule has 2 aromatic carbocycles. The van der Waals surface area contributed by atoms with Crippen molar-refractivity contribution in [3.05, 3.63) is 71.3 Å². The van der Waals surface area contributed by atoms with Gasteiger partial charge in [0.25, 0.3) is 5.91 Å². The Morgan fingerprint density at radius 1 is 0.696 bits per heavy atom. The molecule has 0 spiro atoms. The van der Waals surface area contributed by atoms with Crippen LogP contribution < -0.4 is 0 Å². The van der Waals surface area contributed by atoms with E-state index in [0.29, 0.717) is 16.7 Å². The lowest BCUT2D eigenvalue weighted by Gasteiger charge is -2.21. The third-order valence-corrected chi connectivity index (χ3v) is 4.33. The lowest BCUT2D eigenvalue weighted by atomic mass is 9.97. The smallest absolute Gasteiger partial charge is 0.254 e. The molecule has 0 aromatic heterocycles. The van der Waals surface area contributed by atoms with Crippen LogP contribution >= 0.6 is 0 Å². The molecule has 2 aromatic rings. The maximum atomic E-state index is 12.9. The van der Waals surface area contributed by atoms with Gasteiger partial charge in [-0.25, -0.2) is 0 Å². The molecule has 1 fully saturated rings. The van der Waals surface area contributed by atoms with Crippen molar-refractivity contribution in [2.75, 3.05) is 13.1 Å². The molecular formula is C20H21NO2. The number of hydrogen-bond acceptors (Lipinski definition) is 2. The molecule has 0 radical (unpaired) electrons. The summed E-state index contributed by atoms with van der Waals surface area (Å²) in [6, 6.07) is 16.3. The minimum Gasteiger partial charge on any atom is -0.339 e. The molecule has 0 aliphatic carbocycles. The van der Waals surface area contributed by atoms with Crippen molar-refractivity contribution < 1.29 is 9.59 Å². The van der Waals surface area contributed by atoms with Crippen LogP contribution in [0.2, 0.25) is 0 Å². The lowest BCUT2D eigenvalue weighted by molar-refractivity contribution is 0.0757. The Hall–Kier alpha value is -2.42. The summed E-state index contributed by atoms with van der Waals surface area (Å²) in [4.78, 5) is 27.5. The van der Waals surface area contributed by atoms with E-state index in [1.54, 1.807) is 24.3 Å². The van der Waals surface area contributed by atoms with Crippen LogP contribution in [0.3, 0.4) is 0 Å². The molecule has 3 nitrogen and oxygen atoms in total. The average Bonchev–Trinajstić information content (AvgIpc) is 2.90. The summed E-state index contributed by atoms with van der Waals surface area (Å²) in [5.74, 6) is -0.115. The van der Waals surface area contributed by atoms with E-state index >= 15 is 0 Å². The summed E-state index contributed by atoms with van der Waals surface area (Å²) in [6.07, 6.45) is 4.43. The number of benzene rings is 2. The summed E-state index contributed by atoms with van der Waals surface area (Å²) in [5.41, 5.74) is 1.62. The van der Waals surface area contributed by atoms with Crippen LogP contribution in [0.5, 0.6) is 0 Å².